The largest absolute Gasteiger partial charge is 0.227 e. The van der Waals surface area contributed by atoms with Gasteiger partial charge in [0.1, 0.15) is 5.03 Å². The van der Waals surface area contributed by atoms with Crippen molar-refractivity contribution in [3.63, 3.8) is 0 Å². The summed E-state index contributed by atoms with van der Waals surface area (Å²) in [5, 5.41) is 1.72. The number of rotatable bonds is 2. The van der Waals surface area contributed by atoms with Gasteiger partial charge in [-0.15, -0.1) is 0 Å². The van der Waals surface area contributed by atoms with Crippen LogP contribution in [0.1, 0.15) is 22.5 Å². The van der Waals surface area contributed by atoms with Gasteiger partial charge in [-0.3, -0.25) is 0 Å². The van der Waals surface area contributed by atoms with Gasteiger partial charge in [-0.1, -0.05) is 0 Å². The predicted molar refractivity (Wildman–Crippen MR) is 72.1 cm³/mol. The zero-order valence-corrected chi connectivity index (χ0v) is 12.2. The molecule has 0 unspecified atom stereocenters. The Morgan fingerprint density at radius 3 is 2.22 bits per heavy atom. The Morgan fingerprint density at radius 2 is 1.61 bits per heavy atom. The monoisotopic (exact) mass is 280 g/mol. The van der Waals surface area contributed by atoms with Crippen LogP contribution in [0.2, 0.25) is 5.28 Å². The molecule has 0 N–H and O–H groups in total. The summed E-state index contributed by atoms with van der Waals surface area (Å²) in [6.07, 6.45) is 1.70. The van der Waals surface area contributed by atoms with Crippen molar-refractivity contribution < 1.29 is 0 Å². The van der Waals surface area contributed by atoms with Crippen molar-refractivity contribution in [3.05, 3.63) is 34.0 Å². The number of nitrogens with zero attached hydrogens (tertiary/aromatic N) is 4. The van der Waals surface area contributed by atoms with Crippen molar-refractivity contribution in [1.82, 2.24) is 19.9 Å². The lowest BCUT2D eigenvalue weighted by atomic mass is 10.2. The third-order valence-electron chi connectivity index (χ3n) is 2.70. The van der Waals surface area contributed by atoms with E-state index >= 15 is 0 Å². The molecule has 4 nitrogen and oxygen atoms in total. The third kappa shape index (κ3) is 2.79. The van der Waals surface area contributed by atoms with Crippen LogP contribution in [0.25, 0.3) is 0 Å². The maximum atomic E-state index is 5.79. The first-order chi connectivity index (χ1) is 8.47. The summed E-state index contributed by atoms with van der Waals surface area (Å²) in [7, 11) is 0. The van der Waals surface area contributed by atoms with Crippen LogP contribution in [0.5, 0.6) is 0 Å². The van der Waals surface area contributed by atoms with E-state index in [4.69, 9.17) is 11.6 Å². The molecule has 0 aliphatic heterocycles. The summed E-state index contributed by atoms with van der Waals surface area (Å²) < 4.78 is 0. The first-order valence-electron chi connectivity index (χ1n) is 5.46. The molecule has 6 heteroatoms. The van der Waals surface area contributed by atoms with Gasteiger partial charge in [0.15, 0.2) is 5.16 Å². The average Bonchev–Trinajstić information content (AvgIpc) is 2.31. The molecule has 0 saturated carbocycles. The van der Waals surface area contributed by atoms with Gasteiger partial charge in [0.05, 0.1) is 0 Å². The van der Waals surface area contributed by atoms with Crippen LogP contribution in [0.3, 0.4) is 0 Å². The van der Waals surface area contributed by atoms with E-state index in [2.05, 4.69) is 19.9 Å². The van der Waals surface area contributed by atoms with Crippen LogP contribution in [-0.2, 0) is 0 Å². The SMILES string of the molecule is Cc1cnc(Cl)nc1Sc1nc(C)c(C)c(C)n1. The Labute approximate surface area is 115 Å². The molecule has 0 fully saturated rings. The smallest absolute Gasteiger partial charge is 0.223 e. The first-order valence-corrected chi connectivity index (χ1v) is 6.65. The van der Waals surface area contributed by atoms with E-state index in [1.165, 1.54) is 11.8 Å². The highest BCUT2D eigenvalue weighted by Crippen LogP contribution is 2.27. The number of hydrogen-bond donors (Lipinski definition) is 0. The summed E-state index contributed by atoms with van der Waals surface area (Å²) >= 11 is 7.20. The molecule has 0 atom stereocenters. The summed E-state index contributed by atoms with van der Waals surface area (Å²) in [6.45, 7) is 7.92. The van der Waals surface area contributed by atoms with Gasteiger partial charge < -0.3 is 0 Å². The van der Waals surface area contributed by atoms with Crippen molar-refractivity contribution in [2.75, 3.05) is 0 Å². The molecule has 0 bridgehead atoms. The lowest BCUT2D eigenvalue weighted by Gasteiger charge is -2.07. The van der Waals surface area contributed by atoms with Gasteiger partial charge in [-0.2, -0.15) is 0 Å². The lowest BCUT2D eigenvalue weighted by molar-refractivity contribution is 0.875. The zero-order chi connectivity index (χ0) is 13.3. The minimum absolute atomic E-state index is 0.239. The summed E-state index contributed by atoms with van der Waals surface area (Å²) in [5.41, 5.74) is 4.06. The van der Waals surface area contributed by atoms with Gasteiger partial charge >= 0.3 is 0 Å². The fourth-order valence-corrected chi connectivity index (χ4v) is 2.45. The number of aryl methyl sites for hydroxylation is 3. The van der Waals surface area contributed by atoms with E-state index in [-0.39, 0.29) is 5.28 Å². The van der Waals surface area contributed by atoms with E-state index < -0.39 is 0 Å². The number of aromatic nitrogens is 4. The van der Waals surface area contributed by atoms with Gasteiger partial charge in [0.2, 0.25) is 5.28 Å². The van der Waals surface area contributed by atoms with Crippen molar-refractivity contribution in [2.24, 2.45) is 0 Å². The fraction of sp³-hybridized carbons (Fsp3) is 0.333. The zero-order valence-electron chi connectivity index (χ0n) is 10.7. The standard InChI is InChI=1S/C12H13ClN4S/c1-6-5-14-11(13)17-10(6)18-12-15-8(3)7(2)9(4)16-12/h5H,1-4H3. The van der Waals surface area contributed by atoms with Gasteiger partial charge in [0, 0.05) is 23.1 Å². The lowest BCUT2D eigenvalue weighted by Crippen LogP contribution is -1.99. The van der Waals surface area contributed by atoms with Crippen LogP contribution >= 0.6 is 23.4 Å². The molecule has 18 heavy (non-hydrogen) atoms. The second-order valence-corrected chi connectivity index (χ2v) is 5.33. The van der Waals surface area contributed by atoms with Crippen LogP contribution in [0.15, 0.2) is 16.4 Å². The normalized spacial score (nSPS) is 10.7. The van der Waals surface area contributed by atoms with E-state index in [9.17, 15) is 0 Å². The van der Waals surface area contributed by atoms with Crippen LogP contribution in [0.4, 0.5) is 0 Å². The minimum atomic E-state index is 0.239. The number of halogens is 1. The molecule has 2 aromatic heterocycles. The summed E-state index contributed by atoms with van der Waals surface area (Å²) in [4.78, 5) is 17.0. The molecule has 94 valence electrons. The molecule has 0 amide bonds. The Morgan fingerprint density at radius 1 is 1.00 bits per heavy atom. The number of hydrogen-bond acceptors (Lipinski definition) is 5. The molecular formula is C12H13ClN4S. The van der Waals surface area contributed by atoms with E-state index in [1.807, 2.05) is 27.7 Å². The van der Waals surface area contributed by atoms with Gasteiger partial charge in [-0.05, 0) is 56.6 Å². The maximum Gasteiger partial charge on any atom is 0.223 e. The van der Waals surface area contributed by atoms with E-state index in [0.717, 1.165) is 27.5 Å². The summed E-state index contributed by atoms with van der Waals surface area (Å²) in [6, 6.07) is 0. The Bertz CT molecular complexity index is 578. The van der Waals surface area contributed by atoms with Crippen LogP contribution in [0, 0.1) is 27.7 Å². The molecule has 0 aromatic carbocycles. The second-order valence-electron chi connectivity index (χ2n) is 4.03. The Hall–Kier alpha value is -1.20. The van der Waals surface area contributed by atoms with Crippen molar-refractivity contribution >= 4 is 23.4 Å². The predicted octanol–water partition coefficient (Wildman–Crippen LogP) is 3.30. The second kappa shape index (κ2) is 5.20. The average molecular weight is 281 g/mol. The molecule has 0 radical (unpaired) electrons. The fourth-order valence-electron chi connectivity index (χ4n) is 1.38. The van der Waals surface area contributed by atoms with Crippen molar-refractivity contribution in [3.8, 4) is 0 Å². The summed E-state index contributed by atoms with van der Waals surface area (Å²) in [5.74, 6) is 0. The van der Waals surface area contributed by atoms with Crippen LogP contribution in [-0.4, -0.2) is 19.9 Å². The van der Waals surface area contributed by atoms with Crippen molar-refractivity contribution in [1.29, 1.82) is 0 Å². The maximum absolute atomic E-state index is 5.79. The highest BCUT2D eigenvalue weighted by Gasteiger charge is 2.10. The minimum Gasteiger partial charge on any atom is -0.227 e. The molecule has 0 spiro atoms. The molecule has 0 aliphatic rings. The quantitative estimate of drug-likeness (QED) is 0.624. The molecule has 2 aromatic rings. The third-order valence-corrected chi connectivity index (χ3v) is 3.85. The highest BCUT2D eigenvalue weighted by atomic mass is 35.5. The molecule has 2 heterocycles. The Kier molecular flexibility index (Phi) is 3.82. The van der Waals surface area contributed by atoms with E-state index in [0.29, 0.717) is 5.16 Å². The van der Waals surface area contributed by atoms with Crippen molar-refractivity contribution in [2.45, 2.75) is 37.9 Å². The molecule has 0 aliphatic carbocycles. The molecule has 2 rings (SSSR count). The first kappa shape index (κ1) is 13.2. The highest BCUT2D eigenvalue weighted by molar-refractivity contribution is 7.99. The van der Waals surface area contributed by atoms with Crippen LogP contribution < -0.4 is 0 Å². The van der Waals surface area contributed by atoms with Gasteiger partial charge in [0.25, 0.3) is 0 Å². The Balaban J connectivity index is 2.37. The molecule has 0 saturated heterocycles. The van der Waals surface area contributed by atoms with Gasteiger partial charge in [-0.25, -0.2) is 19.9 Å². The topological polar surface area (TPSA) is 51.6 Å². The molecular weight excluding hydrogens is 268 g/mol. The van der Waals surface area contributed by atoms with E-state index in [1.54, 1.807) is 6.20 Å².